The van der Waals surface area contributed by atoms with Crippen LogP contribution in [0.15, 0.2) is 18.3 Å². The molecular weight excluding hydrogens is 240 g/mol. The minimum atomic E-state index is -0.512. The first kappa shape index (κ1) is 13.8. The zero-order chi connectivity index (χ0) is 13.9. The number of aromatic nitrogens is 1. The molecule has 0 spiro atoms. The molecule has 5 nitrogen and oxygen atoms in total. The standard InChI is InChI=1S/C14H22N4O/c1-10-3-2-5-14(8-10,9-15)18-11-4-6-17-12(7-11)13(16)19/h4,6-7,10H,2-3,5,8-9,15H2,1H3,(H2,16,19)(H,17,18). The van der Waals surface area contributed by atoms with Crippen molar-refractivity contribution in [2.45, 2.75) is 38.1 Å². The lowest BCUT2D eigenvalue weighted by atomic mass is 9.76. The normalized spacial score (nSPS) is 26.9. The molecule has 0 bridgehead atoms. The van der Waals surface area contributed by atoms with Gasteiger partial charge in [-0.3, -0.25) is 9.78 Å². The zero-order valence-electron chi connectivity index (χ0n) is 11.4. The molecule has 5 N–H and O–H groups in total. The van der Waals surface area contributed by atoms with Crippen LogP contribution in [0.4, 0.5) is 5.69 Å². The van der Waals surface area contributed by atoms with Gasteiger partial charge in [0, 0.05) is 24.0 Å². The predicted octanol–water partition coefficient (Wildman–Crippen LogP) is 1.50. The molecule has 1 aliphatic carbocycles. The monoisotopic (exact) mass is 262 g/mol. The molecule has 2 unspecified atom stereocenters. The molecule has 1 amide bonds. The first-order chi connectivity index (χ1) is 9.04. The van der Waals surface area contributed by atoms with E-state index < -0.39 is 5.91 Å². The molecule has 2 atom stereocenters. The number of pyridine rings is 1. The fraction of sp³-hybridized carbons (Fsp3) is 0.571. The Hall–Kier alpha value is -1.62. The summed E-state index contributed by atoms with van der Waals surface area (Å²) >= 11 is 0. The second-order valence-corrected chi connectivity index (χ2v) is 5.60. The Morgan fingerprint density at radius 2 is 2.42 bits per heavy atom. The Morgan fingerprint density at radius 3 is 3.05 bits per heavy atom. The fourth-order valence-electron chi connectivity index (χ4n) is 2.96. The van der Waals surface area contributed by atoms with E-state index in [0.29, 0.717) is 12.5 Å². The highest BCUT2D eigenvalue weighted by Gasteiger charge is 2.33. The number of nitrogens with one attached hydrogen (secondary N) is 1. The molecule has 5 heteroatoms. The summed E-state index contributed by atoms with van der Waals surface area (Å²) in [5, 5.41) is 3.50. The number of hydrogen-bond acceptors (Lipinski definition) is 4. The highest BCUT2D eigenvalue weighted by Crippen LogP contribution is 2.34. The summed E-state index contributed by atoms with van der Waals surface area (Å²) in [5.41, 5.74) is 12.3. The SMILES string of the molecule is CC1CCCC(CN)(Nc2ccnc(C(N)=O)c2)C1. The van der Waals surface area contributed by atoms with Crippen molar-refractivity contribution in [1.82, 2.24) is 4.98 Å². The van der Waals surface area contributed by atoms with Gasteiger partial charge >= 0.3 is 0 Å². The molecule has 1 saturated carbocycles. The average Bonchev–Trinajstić information content (AvgIpc) is 2.39. The fourth-order valence-corrected chi connectivity index (χ4v) is 2.96. The van der Waals surface area contributed by atoms with Crippen molar-refractivity contribution in [2.75, 3.05) is 11.9 Å². The minimum absolute atomic E-state index is 0.0755. The smallest absolute Gasteiger partial charge is 0.267 e. The van der Waals surface area contributed by atoms with Crippen molar-refractivity contribution >= 4 is 11.6 Å². The molecule has 1 fully saturated rings. The van der Waals surface area contributed by atoms with E-state index in [4.69, 9.17) is 11.5 Å². The van der Waals surface area contributed by atoms with Crippen molar-refractivity contribution in [3.8, 4) is 0 Å². The summed E-state index contributed by atoms with van der Waals surface area (Å²) in [6, 6.07) is 3.54. The number of primary amides is 1. The Kier molecular flexibility index (Phi) is 4.04. The van der Waals surface area contributed by atoms with Gasteiger partial charge in [0.2, 0.25) is 0 Å². The highest BCUT2D eigenvalue weighted by molar-refractivity contribution is 5.91. The van der Waals surface area contributed by atoms with E-state index in [-0.39, 0.29) is 11.2 Å². The molecule has 0 radical (unpaired) electrons. The predicted molar refractivity (Wildman–Crippen MR) is 75.8 cm³/mol. The van der Waals surface area contributed by atoms with E-state index in [1.807, 2.05) is 6.07 Å². The lowest BCUT2D eigenvalue weighted by molar-refractivity contribution is 0.0995. The number of carbonyl (C=O) groups is 1. The lowest BCUT2D eigenvalue weighted by Gasteiger charge is -2.40. The van der Waals surface area contributed by atoms with Crippen LogP contribution >= 0.6 is 0 Å². The van der Waals surface area contributed by atoms with E-state index in [1.54, 1.807) is 12.3 Å². The number of nitrogens with zero attached hydrogens (tertiary/aromatic N) is 1. The van der Waals surface area contributed by atoms with Crippen LogP contribution in [0, 0.1) is 5.92 Å². The number of anilines is 1. The van der Waals surface area contributed by atoms with Crippen LogP contribution in [0.25, 0.3) is 0 Å². The van der Waals surface area contributed by atoms with Gasteiger partial charge in [0.1, 0.15) is 5.69 Å². The van der Waals surface area contributed by atoms with Gasteiger partial charge in [-0.25, -0.2) is 0 Å². The summed E-state index contributed by atoms with van der Waals surface area (Å²) < 4.78 is 0. The molecule has 1 aromatic rings. The van der Waals surface area contributed by atoms with Crippen LogP contribution in [0.3, 0.4) is 0 Å². The van der Waals surface area contributed by atoms with Crippen molar-refractivity contribution in [1.29, 1.82) is 0 Å². The van der Waals surface area contributed by atoms with Crippen LogP contribution in [-0.2, 0) is 0 Å². The third kappa shape index (κ3) is 3.23. The average molecular weight is 262 g/mol. The molecule has 1 heterocycles. The van der Waals surface area contributed by atoms with Gasteiger partial charge < -0.3 is 16.8 Å². The van der Waals surface area contributed by atoms with Gasteiger partial charge in [-0.1, -0.05) is 19.8 Å². The van der Waals surface area contributed by atoms with E-state index in [2.05, 4.69) is 17.2 Å². The summed E-state index contributed by atoms with van der Waals surface area (Å²) in [7, 11) is 0. The maximum absolute atomic E-state index is 11.2. The Labute approximate surface area is 113 Å². The third-order valence-corrected chi connectivity index (χ3v) is 3.90. The number of hydrogen-bond donors (Lipinski definition) is 3. The van der Waals surface area contributed by atoms with Gasteiger partial charge in [-0.05, 0) is 30.9 Å². The maximum atomic E-state index is 11.2. The molecule has 0 aliphatic heterocycles. The first-order valence-corrected chi connectivity index (χ1v) is 6.79. The molecule has 104 valence electrons. The van der Waals surface area contributed by atoms with Crippen LogP contribution in [-0.4, -0.2) is 23.0 Å². The Bertz CT molecular complexity index is 463. The van der Waals surface area contributed by atoms with Gasteiger partial charge in [0.25, 0.3) is 5.91 Å². The van der Waals surface area contributed by atoms with Crippen LogP contribution < -0.4 is 16.8 Å². The third-order valence-electron chi connectivity index (χ3n) is 3.90. The second-order valence-electron chi connectivity index (χ2n) is 5.60. The molecule has 2 rings (SSSR count). The zero-order valence-corrected chi connectivity index (χ0v) is 11.4. The quantitative estimate of drug-likeness (QED) is 0.766. The number of nitrogens with two attached hydrogens (primary N) is 2. The number of rotatable bonds is 4. The first-order valence-electron chi connectivity index (χ1n) is 6.79. The molecular formula is C14H22N4O. The van der Waals surface area contributed by atoms with Gasteiger partial charge in [-0.2, -0.15) is 0 Å². The van der Waals surface area contributed by atoms with Gasteiger partial charge in [0.15, 0.2) is 0 Å². The maximum Gasteiger partial charge on any atom is 0.267 e. The number of amides is 1. The Balaban J connectivity index is 2.18. The molecule has 19 heavy (non-hydrogen) atoms. The largest absolute Gasteiger partial charge is 0.378 e. The number of carbonyl (C=O) groups excluding carboxylic acids is 1. The summed E-state index contributed by atoms with van der Waals surface area (Å²) in [4.78, 5) is 15.1. The highest BCUT2D eigenvalue weighted by atomic mass is 16.1. The lowest BCUT2D eigenvalue weighted by Crippen LogP contribution is -2.48. The van der Waals surface area contributed by atoms with Crippen LogP contribution in [0.1, 0.15) is 43.1 Å². The van der Waals surface area contributed by atoms with Crippen molar-refractivity contribution in [3.05, 3.63) is 24.0 Å². The van der Waals surface area contributed by atoms with Crippen molar-refractivity contribution in [3.63, 3.8) is 0 Å². The van der Waals surface area contributed by atoms with Gasteiger partial charge in [0.05, 0.1) is 0 Å². The Morgan fingerprint density at radius 1 is 1.63 bits per heavy atom. The van der Waals surface area contributed by atoms with Crippen molar-refractivity contribution in [2.24, 2.45) is 17.4 Å². The second kappa shape index (κ2) is 5.57. The van der Waals surface area contributed by atoms with Crippen LogP contribution in [0.5, 0.6) is 0 Å². The molecule has 0 aromatic carbocycles. The molecule has 1 aromatic heterocycles. The van der Waals surface area contributed by atoms with E-state index in [1.165, 1.54) is 12.8 Å². The van der Waals surface area contributed by atoms with E-state index in [0.717, 1.165) is 18.5 Å². The molecule has 1 aliphatic rings. The summed E-state index contributed by atoms with van der Waals surface area (Å²) in [5.74, 6) is 0.157. The van der Waals surface area contributed by atoms with Crippen LogP contribution in [0.2, 0.25) is 0 Å². The van der Waals surface area contributed by atoms with E-state index in [9.17, 15) is 4.79 Å². The summed E-state index contributed by atoms with van der Waals surface area (Å²) in [6.07, 6.45) is 6.14. The van der Waals surface area contributed by atoms with E-state index >= 15 is 0 Å². The van der Waals surface area contributed by atoms with Gasteiger partial charge in [-0.15, -0.1) is 0 Å². The minimum Gasteiger partial charge on any atom is -0.378 e. The topological polar surface area (TPSA) is 94.0 Å². The molecule has 0 saturated heterocycles. The summed E-state index contributed by atoms with van der Waals surface area (Å²) in [6.45, 7) is 2.85. The van der Waals surface area contributed by atoms with Crippen molar-refractivity contribution < 1.29 is 4.79 Å².